The number of benzene rings is 2. The minimum absolute atomic E-state index is 0.00432. The summed E-state index contributed by atoms with van der Waals surface area (Å²) in [6.45, 7) is 4.98. The molecule has 0 aliphatic heterocycles. The van der Waals surface area contributed by atoms with Gasteiger partial charge in [0.1, 0.15) is 17.4 Å². The van der Waals surface area contributed by atoms with E-state index in [0.29, 0.717) is 6.54 Å². The SMILES string of the molecule is COc1c(C)cc(CN(C)CC(=O)NCCc2c(F)cccc2F)cc1C. The molecule has 0 saturated carbocycles. The van der Waals surface area contributed by atoms with Crippen LogP contribution >= 0.6 is 0 Å². The van der Waals surface area contributed by atoms with Crippen molar-refractivity contribution in [1.82, 2.24) is 10.2 Å². The predicted molar refractivity (Wildman–Crippen MR) is 102 cm³/mol. The van der Waals surface area contributed by atoms with Crippen molar-refractivity contribution in [2.45, 2.75) is 26.8 Å². The van der Waals surface area contributed by atoms with Crippen molar-refractivity contribution in [3.05, 3.63) is 64.2 Å². The maximum Gasteiger partial charge on any atom is 0.234 e. The Labute approximate surface area is 159 Å². The lowest BCUT2D eigenvalue weighted by atomic mass is 10.1. The van der Waals surface area contributed by atoms with Gasteiger partial charge in [0.15, 0.2) is 0 Å². The van der Waals surface area contributed by atoms with Gasteiger partial charge in [-0.2, -0.15) is 0 Å². The molecule has 0 aliphatic rings. The van der Waals surface area contributed by atoms with E-state index in [1.54, 1.807) is 7.11 Å². The fourth-order valence-electron chi connectivity index (χ4n) is 3.22. The first-order valence-electron chi connectivity index (χ1n) is 8.84. The van der Waals surface area contributed by atoms with Crippen LogP contribution in [-0.4, -0.2) is 38.1 Å². The van der Waals surface area contributed by atoms with E-state index in [9.17, 15) is 13.6 Å². The molecule has 2 aromatic carbocycles. The number of rotatable bonds is 8. The molecule has 1 amide bonds. The number of likely N-dealkylation sites (N-methyl/N-ethyl adjacent to an activating group) is 1. The average molecular weight is 376 g/mol. The van der Waals surface area contributed by atoms with Gasteiger partial charge in [-0.1, -0.05) is 18.2 Å². The number of carbonyl (C=O) groups excluding carboxylic acids is 1. The fourth-order valence-corrected chi connectivity index (χ4v) is 3.22. The molecular formula is C21H26F2N2O2. The first-order valence-corrected chi connectivity index (χ1v) is 8.84. The average Bonchev–Trinajstić information content (AvgIpc) is 2.57. The Morgan fingerprint density at radius 1 is 1.15 bits per heavy atom. The highest BCUT2D eigenvalue weighted by atomic mass is 19.1. The second kappa shape index (κ2) is 9.46. The number of aryl methyl sites for hydroxylation is 2. The number of carbonyl (C=O) groups is 1. The van der Waals surface area contributed by atoms with Gasteiger partial charge in [0.05, 0.1) is 13.7 Å². The zero-order chi connectivity index (χ0) is 20.0. The fraction of sp³-hybridized carbons (Fsp3) is 0.381. The molecule has 0 aromatic heterocycles. The summed E-state index contributed by atoms with van der Waals surface area (Å²) in [4.78, 5) is 14.0. The van der Waals surface area contributed by atoms with Crippen molar-refractivity contribution >= 4 is 5.91 Å². The van der Waals surface area contributed by atoms with E-state index in [1.807, 2.05) is 37.9 Å². The summed E-state index contributed by atoms with van der Waals surface area (Å²) in [6, 6.07) is 7.84. The van der Waals surface area contributed by atoms with Gasteiger partial charge >= 0.3 is 0 Å². The van der Waals surface area contributed by atoms with Crippen LogP contribution in [0.3, 0.4) is 0 Å². The smallest absolute Gasteiger partial charge is 0.234 e. The number of methoxy groups -OCH3 is 1. The Morgan fingerprint density at radius 2 is 1.74 bits per heavy atom. The van der Waals surface area contributed by atoms with E-state index < -0.39 is 11.6 Å². The van der Waals surface area contributed by atoms with Crippen molar-refractivity contribution in [3.8, 4) is 5.75 Å². The molecule has 1 N–H and O–H groups in total. The van der Waals surface area contributed by atoms with Crippen molar-refractivity contribution in [1.29, 1.82) is 0 Å². The molecule has 27 heavy (non-hydrogen) atoms. The summed E-state index contributed by atoms with van der Waals surface area (Å²) in [5.74, 6) is -0.492. The number of nitrogens with one attached hydrogen (secondary N) is 1. The van der Waals surface area contributed by atoms with Crippen LogP contribution in [0.4, 0.5) is 8.78 Å². The van der Waals surface area contributed by atoms with Gasteiger partial charge in [-0.05, 0) is 56.1 Å². The van der Waals surface area contributed by atoms with Gasteiger partial charge in [-0.15, -0.1) is 0 Å². The molecule has 6 heteroatoms. The maximum absolute atomic E-state index is 13.6. The van der Waals surface area contributed by atoms with E-state index in [2.05, 4.69) is 5.32 Å². The predicted octanol–water partition coefficient (Wildman–Crippen LogP) is 3.38. The topological polar surface area (TPSA) is 41.6 Å². The number of nitrogens with zero attached hydrogens (tertiary/aromatic N) is 1. The van der Waals surface area contributed by atoms with E-state index in [1.165, 1.54) is 18.2 Å². The molecule has 2 rings (SSSR count). The lowest BCUT2D eigenvalue weighted by Crippen LogP contribution is -2.36. The first-order chi connectivity index (χ1) is 12.8. The lowest BCUT2D eigenvalue weighted by molar-refractivity contribution is -0.122. The molecule has 0 unspecified atom stereocenters. The van der Waals surface area contributed by atoms with Gasteiger partial charge in [0.25, 0.3) is 0 Å². The molecule has 0 fully saturated rings. The number of amides is 1. The minimum Gasteiger partial charge on any atom is -0.496 e. The number of halogens is 2. The number of hydrogen-bond donors (Lipinski definition) is 1. The van der Waals surface area contributed by atoms with Crippen LogP contribution in [0.5, 0.6) is 5.75 Å². The van der Waals surface area contributed by atoms with Gasteiger partial charge in [0.2, 0.25) is 5.91 Å². The van der Waals surface area contributed by atoms with Crippen LogP contribution in [0.1, 0.15) is 22.3 Å². The van der Waals surface area contributed by atoms with Crippen LogP contribution in [0, 0.1) is 25.5 Å². The van der Waals surface area contributed by atoms with Crippen molar-refractivity contribution in [3.63, 3.8) is 0 Å². The largest absolute Gasteiger partial charge is 0.496 e. The Kier molecular flexibility index (Phi) is 7.30. The Bertz CT molecular complexity index is 766. The van der Waals surface area contributed by atoms with Gasteiger partial charge in [-0.3, -0.25) is 9.69 Å². The molecule has 2 aromatic rings. The molecular weight excluding hydrogens is 350 g/mol. The monoisotopic (exact) mass is 376 g/mol. The summed E-state index contributed by atoms with van der Waals surface area (Å²) < 4.78 is 32.5. The van der Waals surface area contributed by atoms with Crippen molar-refractivity contribution in [2.75, 3.05) is 27.2 Å². The molecule has 0 heterocycles. The quantitative estimate of drug-likeness (QED) is 0.768. The molecule has 146 valence electrons. The first kappa shape index (κ1) is 20.8. The maximum atomic E-state index is 13.6. The zero-order valence-electron chi connectivity index (χ0n) is 16.2. The summed E-state index contributed by atoms with van der Waals surface area (Å²) in [5, 5.41) is 2.71. The number of ether oxygens (including phenoxy) is 1. The van der Waals surface area contributed by atoms with Crippen LogP contribution in [-0.2, 0) is 17.8 Å². The molecule has 0 aliphatic carbocycles. The highest BCUT2D eigenvalue weighted by molar-refractivity contribution is 5.77. The third-order valence-electron chi connectivity index (χ3n) is 4.35. The lowest BCUT2D eigenvalue weighted by Gasteiger charge is -2.18. The number of hydrogen-bond acceptors (Lipinski definition) is 3. The minimum atomic E-state index is -0.591. The molecule has 0 radical (unpaired) electrons. The van der Waals surface area contributed by atoms with Crippen LogP contribution < -0.4 is 10.1 Å². The molecule has 4 nitrogen and oxygen atoms in total. The van der Waals surface area contributed by atoms with Gasteiger partial charge in [-0.25, -0.2) is 8.78 Å². The Morgan fingerprint density at radius 3 is 2.30 bits per heavy atom. The summed E-state index contributed by atoms with van der Waals surface area (Å²) in [7, 11) is 3.50. The molecule has 0 atom stereocenters. The third-order valence-corrected chi connectivity index (χ3v) is 4.35. The van der Waals surface area contributed by atoms with Crippen LogP contribution in [0.25, 0.3) is 0 Å². The summed E-state index contributed by atoms with van der Waals surface area (Å²) in [5.41, 5.74) is 3.19. The van der Waals surface area contributed by atoms with E-state index in [-0.39, 0.29) is 31.0 Å². The highest BCUT2D eigenvalue weighted by Gasteiger charge is 2.12. The van der Waals surface area contributed by atoms with Gasteiger partial charge < -0.3 is 10.1 Å². The van der Waals surface area contributed by atoms with Crippen LogP contribution in [0.15, 0.2) is 30.3 Å². The summed E-state index contributed by atoms with van der Waals surface area (Å²) >= 11 is 0. The second-order valence-electron chi connectivity index (χ2n) is 6.74. The Balaban J connectivity index is 1.83. The molecule has 0 saturated heterocycles. The third kappa shape index (κ3) is 5.76. The molecule has 0 bridgehead atoms. The van der Waals surface area contributed by atoms with E-state index >= 15 is 0 Å². The van der Waals surface area contributed by atoms with Gasteiger partial charge in [0, 0.05) is 18.7 Å². The normalized spacial score (nSPS) is 10.9. The standard InChI is InChI=1S/C21H26F2N2O2/c1-14-10-16(11-15(2)21(14)27-4)12-25(3)13-20(26)24-9-8-17-18(22)6-5-7-19(17)23/h5-7,10-11H,8-9,12-13H2,1-4H3,(H,24,26). The molecule has 0 spiro atoms. The summed E-state index contributed by atoms with van der Waals surface area (Å²) in [6.07, 6.45) is 0.116. The highest BCUT2D eigenvalue weighted by Crippen LogP contribution is 2.24. The van der Waals surface area contributed by atoms with E-state index in [4.69, 9.17) is 4.74 Å². The van der Waals surface area contributed by atoms with Crippen LogP contribution in [0.2, 0.25) is 0 Å². The zero-order valence-corrected chi connectivity index (χ0v) is 16.2. The Hall–Kier alpha value is -2.47. The second-order valence-corrected chi connectivity index (χ2v) is 6.74. The van der Waals surface area contributed by atoms with E-state index in [0.717, 1.165) is 22.4 Å². The van der Waals surface area contributed by atoms with Crippen molar-refractivity contribution in [2.24, 2.45) is 0 Å². The van der Waals surface area contributed by atoms with Crippen molar-refractivity contribution < 1.29 is 18.3 Å².